The molecule has 0 unspecified atom stereocenters. The number of phenolic OH excluding ortho intramolecular Hbond substituents is 1. The van der Waals surface area contributed by atoms with E-state index in [9.17, 15) is 9.90 Å². The van der Waals surface area contributed by atoms with Gasteiger partial charge in [-0.2, -0.15) is 0 Å². The van der Waals surface area contributed by atoms with Crippen molar-refractivity contribution in [2.75, 3.05) is 7.11 Å². The molecule has 0 radical (unpaired) electrons. The first-order valence-electron chi connectivity index (χ1n) is 5.80. The highest BCUT2D eigenvalue weighted by atomic mass is 35.5. The van der Waals surface area contributed by atoms with E-state index >= 15 is 0 Å². The molecule has 4 nitrogen and oxygen atoms in total. The Morgan fingerprint density at radius 3 is 2.67 bits per heavy atom. The van der Waals surface area contributed by atoms with Crippen LogP contribution in [0.5, 0.6) is 11.5 Å². The molecule has 1 aromatic carbocycles. The summed E-state index contributed by atoms with van der Waals surface area (Å²) in [5.74, 6) is -0.476. The fraction of sp³-hybridized carbons (Fsp3) is 0.462. The van der Waals surface area contributed by atoms with Gasteiger partial charge in [0, 0.05) is 12.0 Å². The monoisotopic (exact) mass is 272 g/mol. The van der Waals surface area contributed by atoms with Crippen LogP contribution in [0.25, 0.3) is 0 Å². The van der Waals surface area contributed by atoms with Crippen LogP contribution < -0.4 is 4.74 Å². The number of carboxylic acid groups (broad SMARTS) is 1. The van der Waals surface area contributed by atoms with Crippen molar-refractivity contribution in [3.8, 4) is 11.5 Å². The maximum Gasteiger partial charge on any atom is 0.303 e. The lowest BCUT2D eigenvalue weighted by Crippen LogP contribution is -1.99. The van der Waals surface area contributed by atoms with Crippen LogP contribution in [0, 0.1) is 0 Å². The maximum atomic E-state index is 10.5. The second-order valence-corrected chi connectivity index (χ2v) is 4.36. The number of ether oxygens (including phenoxy) is 1. The van der Waals surface area contributed by atoms with Crippen molar-refractivity contribution < 1.29 is 19.7 Å². The number of aryl methyl sites for hydroxylation is 1. The Kier molecular flexibility index (Phi) is 5.28. The normalized spacial score (nSPS) is 10.4. The van der Waals surface area contributed by atoms with Crippen LogP contribution in [-0.4, -0.2) is 23.3 Å². The summed E-state index contributed by atoms with van der Waals surface area (Å²) in [6.07, 6.45) is 1.62. The van der Waals surface area contributed by atoms with Crippen LogP contribution in [0.1, 0.15) is 30.9 Å². The van der Waals surface area contributed by atoms with E-state index in [0.29, 0.717) is 29.2 Å². The molecule has 0 aromatic heterocycles. The van der Waals surface area contributed by atoms with Crippen molar-refractivity contribution >= 4 is 17.6 Å². The summed E-state index contributed by atoms with van der Waals surface area (Å²) in [4.78, 5) is 10.5. The molecule has 0 saturated carbocycles. The first-order valence-corrected chi connectivity index (χ1v) is 6.18. The second-order valence-electron chi connectivity index (χ2n) is 3.98. The molecule has 18 heavy (non-hydrogen) atoms. The smallest absolute Gasteiger partial charge is 0.303 e. The molecule has 0 aliphatic rings. The van der Waals surface area contributed by atoms with Gasteiger partial charge in [0.1, 0.15) is 0 Å². The minimum atomic E-state index is -0.857. The second kappa shape index (κ2) is 6.50. The number of benzene rings is 1. The molecule has 0 amide bonds. The molecule has 1 rings (SSSR count). The van der Waals surface area contributed by atoms with Crippen molar-refractivity contribution in [1.82, 2.24) is 0 Å². The van der Waals surface area contributed by atoms with Gasteiger partial charge < -0.3 is 14.9 Å². The van der Waals surface area contributed by atoms with Gasteiger partial charge in [0.25, 0.3) is 0 Å². The first kappa shape index (κ1) is 14.6. The SMILES string of the molecule is CCc1cc(OC)c(O)c(CCCC(=O)O)c1Cl. The van der Waals surface area contributed by atoms with Crippen LogP contribution >= 0.6 is 11.6 Å². The van der Waals surface area contributed by atoms with E-state index in [0.717, 1.165) is 12.0 Å². The summed E-state index contributed by atoms with van der Waals surface area (Å²) in [5.41, 5.74) is 1.45. The molecule has 0 aliphatic heterocycles. The largest absolute Gasteiger partial charge is 0.504 e. The molecular formula is C13H17ClO4. The standard InChI is InChI=1S/C13H17ClO4/c1-3-8-7-10(18-2)13(17)9(12(8)14)5-4-6-11(15)16/h7,17H,3-6H2,1-2H3,(H,15,16). The molecule has 0 spiro atoms. The quantitative estimate of drug-likeness (QED) is 0.835. The van der Waals surface area contributed by atoms with Crippen molar-refractivity contribution in [2.24, 2.45) is 0 Å². The summed E-state index contributed by atoms with van der Waals surface area (Å²) in [6, 6.07) is 1.71. The van der Waals surface area contributed by atoms with Crippen molar-refractivity contribution in [2.45, 2.75) is 32.6 Å². The highest BCUT2D eigenvalue weighted by Gasteiger charge is 2.16. The van der Waals surface area contributed by atoms with Crippen molar-refractivity contribution in [3.63, 3.8) is 0 Å². The van der Waals surface area contributed by atoms with E-state index in [2.05, 4.69) is 0 Å². The Balaban J connectivity index is 3.03. The summed E-state index contributed by atoms with van der Waals surface area (Å²) in [5, 5.41) is 19.1. The van der Waals surface area contributed by atoms with E-state index in [1.54, 1.807) is 6.07 Å². The zero-order chi connectivity index (χ0) is 13.7. The molecule has 0 atom stereocenters. The molecular weight excluding hydrogens is 256 g/mol. The van der Waals surface area contributed by atoms with Gasteiger partial charge in [0.2, 0.25) is 0 Å². The molecule has 5 heteroatoms. The third kappa shape index (κ3) is 3.29. The summed E-state index contributed by atoms with van der Waals surface area (Å²) in [7, 11) is 1.48. The first-order chi connectivity index (χ1) is 8.51. The molecule has 0 heterocycles. The highest BCUT2D eigenvalue weighted by Crippen LogP contribution is 2.38. The van der Waals surface area contributed by atoms with Gasteiger partial charge in [-0.05, 0) is 30.9 Å². The number of methoxy groups -OCH3 is 1. The lowest BCUT2D eigenvalue weighted by Gasteiger charge is -2.14. The number of carbonyl (C=O) groups is 1. The zero-order valence-electron chi connectivity index (χ0n) is 10.5. The van der Waals surface area contributed by atoms with E-state index in [1.165, 1.54) is 7.11 Å². The third-order valence-corrected chi connectivity index (χ3v) is 3.26. The Morgan fingerprint density at radius 2 is 2.17 bits per heavy atom. The van der Waals surface area contributed by atoms with E-state index in [4.69, 9.17) is 21.4 Å². The molecule has 0 bridgehead atoms. The number of halogens is 1. The van der Waals surface area contributed by atoms with Crippen molar-refractivity contribution in [3.05, 3.63) is 22.2 Å². The molecule has 0 aliphatic carbocycles. The molecule has 100 valence electrons. The summed E-state index contributed by atoms with van der Waals surface area (Å²) < 4.78 is 5.09. The van der Waals surface area contributed by atoms with Gasteiger partial charge in [0.05, 0.1) is 12.1 Å². The number of aromatic hydroxyl groups is 1. The third-order valence-electron chi connectivity index (χ3n) is 2.79. The fourth-order valence-electron chi connectivity index (χ4n) is 1.79. The average molecular weight is 273 g/mol. The molecule has 0 fully saturated rings. The maximum absolute atomic E-state index is 10.5. The van der Waals surface area contributed by atoms with Crippen LogP contribution in [-0.2, 0) is 17.6 Å². The van der Waals surface area contributed by atoms with Gasteiger partial charge in [0.15, 0.2) is 11.5 Å². The summed E-state index contributed by atoms with van der Waals surface area (Å²) >= 11 is 6.20. The average Bonchev–Trinajstić information content (AvgIpc) is 2.33. The number of hydrogen-bond donors (Lipinski definition) is 2. The van der Waals surface area contributed by atoms with E-state index in [1.807, 2.05) is 6.92 Å². The van der Waals surface area contributed by atoms with Crippen LogP contribution in [0.15, 0.2) is 6.07 Å². The molecule has 1 aromatic rings. The lowest BCUT2D eigenvalue weighted by molar-refractivity contribution is -0.137. The van der Waals surface area contributed by atoms with Crippen LogP contribution in [0.3, 0.4) is 0 Å². The van der Waals surface area contributed by atoms with Gasteiger partial charge in [-0.3, -0.25) is 4.79 Å². The predicted molar refractivity (Wildman–Crippen MR) is 69.6 cm³/mol. The Morgan fingerprint density at radius 1 is 1.50 bits per heavy atom. The van der Waals surface area contributed by atoms with Gasteiger partial charge in [-0.1, -0.05) is 18.5 Å². The topological polar surface area (TPSA) is 66.8 Å². The van der Waals surface area contributed by atoms with Gasteiger partial charge in [-0.25, -0.2) is 0 Å². The van der Waals surface area contributed by atoms with Gasteiger partial charge in [-0.15, -0.1) is 0 Å². The number of hydrogen-bond acceptors (Lipinski definition) is 3. The number of aliphatic carboxylic acids is 1. The predicted octanol–water partition coefficient (Wildman–Crippen LogP) is 3.02. The van der Waals surface area contributed by atoms with E-state index < -0.39 is 5.97 Å². The molecule has 2 N–H and O–H groups in total. The minimum Gasteiger partial charge on any atom is -0.504 e. The fourth-order valence-corrected chi connectivity index (χ4v) is 2.17. The number of carboxylic acids is 1. The number of phenols is 1. The van der Waals surface area contributed by atoms with Gasteiger partial charge >= 0.3 is 5.97 Å². The summed E-state index contributed by atoms with van der Waals surface area (Å²) in [6.45, 7) is 1.96. The lowest BCUT2D eigenvalue weighted by atomic mass is 10.0. The number of rotatable bonds is 6. The van der Waals surface area contributed by atoms with Crippen molar-refractivity contribution in [1.29, 1.82) is 0 Å². The van der Waals surface area contributed by atoms with Crippen LogP contribution in [0.2, 0.25) is 5.02 Å². The van der Waals surface area contributed by atoms with E-state index in [-0.39, 0.29) is 12.2 Å². The Hall–Kier alpha value is -1.42. The highest BCUT2D eigenvalue weighted by molar-refractivity contribution is 6.32. The Labute approximate surface area is 111 Å². The molecule has 0 saturated heterocycles. The van der Waals surface area contributed by atoms with Crippen LogP contribution in [0.4, 0.5) is 0 Å². The zero-order valence-corrected chi connectivity index (χ0v) is 11.3. The Bertz CT molecular complexity index is 415. The minimum absolute atomic E-state index is 0.00471.